The first-order valence-corrected chi connectivity index (χ1v) is 15.5. The molecule has 2 atom stereocenters. The summed E-state index contributed by atoms with van der Waals surface area (Å²) in [7, 11) is 0. The van der Waals surface area contributed by atoms with Gasteiger partial charge in [-0.2, -0.15) is 0 Å². The van der Waals surface area contributed by atoms with Crippen molar-refractivity contribution in [2.45, 2.75) is 28.0 Å². The quantitative estimate of drug-likeness (QED) is 0.330. The van der Waals surface area contributed by atoms with Crippen LogP contribution in [-0.4, -0.2) is 0 Å². The zero-order chi connectivity index (χ0) is 23.9. The molecule has 0 nitrogen and oxygen atoms in total. The Kier molecular flexibility index (Phi) is 8.80. The van der Waals surface area contributed by atoms with E-state index in [0.717, 1.165) is 0 Å². The van der Waals surface area contributed by atoms with Crippen LogP contribution in [0.25, 0.3) is 34.4 Å². The molecule has 4 aromatic rings. The molecule has 0 aromatic heterocycles. The van der Waals surface area contributed by atoms with Crippen LogP contribution in [0.15, 0.2) is 108 Å². The number of rotatable bonds is 5. The van der Waals surface area contributed by atoms with Crippen LogP contribution in [0.1, 0.15) is 50.3 Å². The summed E-state index contributed by atoms with van der Waals surface area (Å²) in [6.45, 7) is 7.13. The van der Waals surface area contributed by atoms with E-state index in [2.05, 4.69) is 130 Å². The third-order valence-corrected chi connectivity index (χ3v) is 12.6. The average Bonchev–Trinajstić information content (AvgIpc) is 3.43. The van der Waals surface area contributed by atoms with E-state index in [1.165, 1.54) is 33.4 Å². The predicted molar refractivity (Wildman–Crippen MR) is 146 cm³/mol. The van der Waals surface area contributed by atoms with Crippen LogP contribution >= 0.6 is 0 Å². The van der Waals surface area contributed by atoms with E-state index in [4.69, 9.17) is 0 Å². The summed E-state index contributed by atoms with van der Waals surface area (Å²) in [5, 5.41) is 0. The molecule has 6 rings (SSSR count). The number of benzene rings is 4. The van der Waals surface area contributed by atoms with E-state index in [1.54, 1.807) is 22.3 Å². The maximum atomic E-state index is 2.54. The Labute approximate surface area is 245 Å². The van der Waals surface area contributed by atoms with Crippen LogP contribution in [0.4, 0.5) is 0 Å². The fraction of sp³-hybridized carbons (Fsp3) is 0.176. The number of halogens is 2. The molecule has 2 unspecified atom stereocenters. The van der Waals surface area contributed by atoms with Crippen LogP contribution in [0.3, 0.4) is 0 Å². The normalized spacial score (nSPS) is 17.1. The van der Waals surface area contributed by atoms with E-state index in [-0.39, 0.29) is 24.8 Å². The topological polar surface area (TPSA) is 0 Å². The van der Waals surface area contributed by atoms with Crippen molar-refractivity contribution in [3.8, 4) is 22.3 Å². The molecule has 0 saturated heterocycles. The summed E-state index contributed by atoms with van der Waals surface area (Å²) >= 11 is -0.888. The van der Waals surface area contributed by atoms with Gasteiger partial charge in [-0.05, 0) is 0 Å². The molecule has 0 bridgehead atoms. The van der Waals surface area contributed by atoms with Gasteiger partial charge in [-0.3, -0.25) is 0 Å². The molecular weight excluding hydrogens is 571 g/mol. The van der Waals surface area contributed by atoms with Crippen molar-refractivity contribution in [2.75, 3.05) is 0 Å². The van der Waals surface area contributed by atoms with Gasteiger partial charge in [0.05, 0.1) is 0 Å². The van der Waals surface area contributed by atoms with E-state index in [1.807, 2.05) is 0 Å². The van der Waals surface area contributed by atoms with Gasteiger partial charge < -0.3 is 24.8 Å². The molecule has 2 aliphatic rings. The summed E-state index contributed by atoms with van der Waals surface area (Å²) < 4.78 is 1.24. The Balaban J connectivity index is 0.00000160. The van der Waals surface area contributed by atoms with Crippen molar-refractivity contribution in [3.05, 3.63) is 130 Å². The molecule has 0 heterocycles. The van der Waals surface area contributed by atoms with Crippen LogP contribution in [-0.2, 0) is 23.2 Å². The van der Waals surface area contributed by atoms with Crippen molar-refractivity contribution in [3.63, 3.8) is 0 Å². The first-order chi connectivity index (χ1) is 17.1. The molecular formula is C34H30Cl2Zr. The van der Waals surface area contributed by atoms with Gasteiger partial charge in [0.15, 0.2) is 0 Å². The first-order valence-electron chi connectivity index (χ1n) is 12.6. The van der Waals surface area contributed by atoms with Crippen LogP contribution < -0.4 is 24.8 Å². The second-order valence-electron chi connectivity index (χ2n) is 10.1. The Bertz CT molecular complexity index is 1450. The number of hydrogen-bond donors (Lipinski definition) is 0. The van der Waals surface area contributed by atoms with E-state index in [0.29, 0.717) is 13.2 Å². The smallest absolute Gasteiger partial charge is 1.00 e. The second-order valence-corrected chi connectivity index (χ2v) is 13.7. The Morgan fingerprint density at radius 3 is 1.57 bits per heavy atom. The Hall–Kier alpha value is -2.18. The molecule has 0 amide bonds. The van der Waals surface area contributed by atoms with E-state index < -0.39 is 23.2 Å². The molecule has 0 spiro atoms. The van der Waals surface area contributed by atoms with Gasteiger partial charge in [-0.1, -0.05) is 0 Å². The summed E-state index contributed by atoms with van der Waals surface area (Å²) in [4.78, 5) is 0. The van der Waals surface area contributed by atoms with Gasteiger partial charge in [0.2, 0.25) is 0 Å². The standard InChI is InChI=1S/C18H17.C16H13.2ClH.Zr/c1-13(2)16-11-15-9-6-10-17(18(15)12-16)14-7-4-3-5-8-14;1-12-10-14-8-5-9-15(16(14)11-12)13-6-3-2-4-7-13;;;/h3-13H,1-2H3;2-11H,1H3;2*1H;/q;;;;+2/p-2. The summed E-state index contributed by atoms with van der Waals surface area (Å²) in [5.74, 6) is 0.567. The monoisotopic (exact) mass is 598 g/mol. The first kappa shape index (κ1) is 27.8. The summed E-state index contributed by atoms with van der Waals surface area (Å²) in [6, 6.07) is 35.7. The van der Waals surface area contributed by atoms with Gasteiger partial charge in [0.1, 0.15) is 0 Å². The largest absolute Gasteiger partial charge is 1.00 e. The van der Waals surface area contributed by atoms with Gasteiger partial charge in [-0.25, -0.2) is 0 Å². The fourth-order valence-corrected chi connectivity index (χ4v) is 11.1. The summed E-state index contributed by atoms with van der Waals surface area (Å²) in [5.41, 5.74) is 14.7. The second kappa shape index (κ2) is 11.7. The molecule has 0 aliphatic heterocycles. The molecule has 4 aromatic carbocycles. The Morgan fingerprint density at radius 1 is 0.568 bits per heavy atom. The third-order valence-electron chi connectivity index (χ3n) is 7.54. The zero-order valence-electron chi connectivity index (χ0n) is 21.4. The molecule has 0 radical (unpaired) electrons. The van der Waals surface area contributed by atoms with Crippen molar-refractivity contribution < 1.29 is 48.0 Å². The van der Waals surface area contributed by atoms with E-state index >= 15 is 0 Å². The Morgan fingerprint density at radius 2 is 1.05 bits per heavy atom. The van der Waals surface area contributed by atoms with Crippen LogP contribution in [0.2, 0.25) is 0 Å². The minimum Gasteiger partial charge on any atom is -1.00 e. The van der Waals surface area contributed by atoms with Crippen molar-refractivity contribution >= 4 is 12.2 Å². The number of hydrogen-bond acceptors (Lipinski definition) is 0. The van der Waals surface area contributed by atoms with Gasteiger partial charge >= 0.3 is 222 Å². The van der Waals surface area contributed by atoms with Crippen molar-refractivity contribution in [1.82, 2.24) is 0 Å². The fourth-order valence-electron chi connectivity index (χ4n) is 5.79. The van der Waals surface area contributed by atoms with Crippen LogP contribution in [0, 0.1) is 5.92 Å². The molecule has 3 heteroatoms. The molecule has 0 N–H and O–H groups in total. The molecule has 37 heavy (non-hydrogen) atoms. The SMILES string of the molecule is CC1=Cc2c(-c3ccccc3)cccc2[CH]1[Zr+2][CH]1C(C(C)C)=Cc2c(-c3ccccc3)cccc21.[Cl-].[Cl-]. The van der Waals surface area contributed by atoms with Gasteiger partial charge in [-0.15, -0.1) is 0 Å². The third kappa shape index (κ3) is 5.12. The van der Waals surface area contributed by atoms with Crippen molar-refractivity contribution in [1.29, 1.82) is 0 Å². The number of allylic oxidation sites excluding steroid dienone is 2. The van der Waals surface area contributed by atoms with Crippen molar-refractivity contribution in [2.24, 2.45) is 5.92 Å². The van der Waals surface area contributed by atoms with Crippen LogP contribution in [0.5, 0.6) is 0 Å². The average molecular weight is 601 g/mol. The maximum Gasteiger partial charge on any atom is -1.00 e. The molecule has 2 aliphatic carbocycles. The number of fused-ring (bicyclic) bond motifs is 2. The molecule has 0 saturated carbocycles. The molecule has 184 valence electrons. The van der Waals surface area contributed by atoms with Gasteiger partial charge in [0.25, 0.3) is 0 Å². The summed E-state index contributed by atoms with van der Waals surface area (Å²) in [6.07, 6.45) is 5.03. The van der Waals surface area contributed by atoms with Gasteiger partial charge in [0, 0.05) is 0 Å². The maximum absolute atomic E-state index is 2.54. The minimum absolute atomic E-state index is 0. The van der Waals surface area contributed by atoms with E-state index in [9.17, 15) is 0 Å². The minimum atomic E-state index is -0.888. The predicted octanol–water partition coefficient (Wildman–Crippen LogP) is 3.36. The molecule has 0 fully saturated rings. The zero-order valence-corrected chi connectivity index (χ0v) is 25.4.